The SMILES string of the molecule is COCCCOCCN(CCOC)CCC(N)=NO. The van der Waals surface area contributed by atoms with Crippen LogP contribution in [0.2, 0.25) is 0 Å². The van der Waals surface area contributed by atoms with Crippen LogP contribution < -0.4 is 5.73 Å². The summed E-state index contributed by atoms with van der Waals surface area (Å²) >= 11 is 0. The first-order chi connectivity index (χ1) is 9.24. The number of hydrogen-bond donors (Lipinski definition) is 2. The summed E-state index contributed by atoms with van der Waals surface area (Å²) in [6.45, 7) is 5.05. The van der Waals surface area contributed by atoms with Crippen molar-refractivity contribution in [3.63, 3.8) is 0 Å². The summed E-state index contributed by atoms with van der Waals surface area (Å²) < 4.78 is 15.5. The topological polar surface area (TPSA) is 89.5 Å². The van der Waals surface area contributed by atoms with Crippen LogP contribution in [0, 0.1) is 0 Å². The average Bonchev–Trinajstić information content (AvgIpc) is 2.44. The van der Waals surface area contributed by atoms with E-state index in [1.54, 1.807) is 14.2 Å². The summed E-state index contributed by atoms with van der Waals surface area (Å²) in [6, 6.07) is 0. The molecule has 0 spiro atoms. The van der Waals surface area contributed by atoms with Crippen LogP contribution in [0.3, 0.4) is 0 Å². The van der Waals surface area contributed by atoms with Crippen molar-refractivity contribution in [2.75, 3.05) is 60.3 Å². The molecule has 0 amide bonds. The van der Waals surface area contributed by atoms with Crippen molar-refractivity contribution >= 4 is 5.84 Å². The average molecular weight is 277 g/mol. The smallest absolute Gasteiger partial charge is 0.140 e. The van der Waals surface area contributed by atoms with E-state index in [-0.39, 0.29) is 5.84 Å². The molecule has 0 aliphatic carbocycles. The molecule has 0 unspecified atom stereocenters. The Morgan fingerprint density at radius 2 is 1.74 bits per heavy atom. The van der Waals surface area contributed by atoms with Gasteiger partial charge in [0, 0.05) is 53.5 Å². The normalized spacial score (nSPS) is 12.3. The van der Waals surface area contributed by atoms with Gasteiger partial charge < -0.3 is 25.2 Å². The Kier molecular flexibility index (Phi) is 12.9. The zero-order valence-electron chi connectivity index (χ0n) is 12.0. The third-order valence-corrected chi connectivity index (χ3v) is 2.61. The number of nitrogens with two attached hydrogens (primary N) is 1. The van der Waals surface area contributed by atoms with Crippen molar-refractivity contribution < 1.29 is 19.4 Å². The molecule has 19 heavy (non-hydrogen) atoms. The number of nitrogens with zero attached hydrogens (tertiary/aromatic N) is 2. The van der Waals surface area contributed by atoms with Gasteiger partial charge in [-0.2, -0.15) is 0 Å². The lowest BCUT2D eigenvalue weighted by Crippen LogP contribution is -2.34. The Labute approximate surface area is 115 Å². The van der Waals surface area contributed by atoms with E-state index in [0.717, 1.165) is 32.7 Å². The lowest BCUT2D eigenvalue weighted by Gasteiger charge is -2.21. The van der Waals surface area contributed by atoms with Crippen molar-refractivity contribution in [3.05, 3.63) is 0 Å². The minimum absolute atomic E-state index is 0.239. The molecule has 0 bridgehead atoms. The fourth-order valence-electron chi connectivity index (χ4n) is 1.48. The molecule has 0 saturated heterocycles. The maximum Gasteiger partial charge on any atom is 0.140 e. The van der Waals surface area contributed by atoms with Crippen LogP contribution in [-0.2, 0) is 14.2 Å². The standard InChI is InChI=1S/C12H27N3O4/c1-17-8-3-9-19-11-7-15(6-10-18-2)5-4-12(13)14-16/h16H,3-11H2,1-2H3,(H2,13,14). The molecule has 7 nitrogen and oxygen atoms in total. The largest absolute Gasteiger partial charge is 0.409 e. The molecule has 0 aromatic carbocycles. The molecule has 0 aliphatic heterocycles. The molecule has 0 radical (unpaired) electrons. The Bertz CT molecular complexity index is 227. The minimum atomic E-state index is 0.239. The highest BCUT2D eigenvalue weighted by Crippen LogP contribution is 1.94. The maximum absolute atomic E-state index is 8.50. The van der Waals surface area contributed by atoms with E-state index in [1.807, 2.05) is 0 Å². The summed E-state index contributed by atoms with van der Waals surface area (Å²) in [7, 11) is 3.35. The number of methoxy groups -OCH3 is 2. The molecule has 0 aliphatic rings. The van der Waals surface area contributed by atoms with Crippen molar-refractivity contribution in [1.29, 1.82) is 0 Å². The fraction of sp³-hybridized carbons (Fsp3) is 0.917. The first-order valence-corrected chi connectivity index (χ1v) is 6.49. The summed E-state index contributed by atoms with van der Waals surface area (Å²) in [6.07, 6.45) is 1.43. The second-order valence-electron chi connectivity index (χ2n) is 4.13. The second-order valence-corrected chi connectivity index (χ2v) is 4.13. The lowest BCUT2D eigenvalue weighted by atomic mass is 10.3. The van der Waals surface area contributed by atoms with Gasteiger partial charge in [0.1, 0.15) is 5.84 Å². The predicted octanol–water partition coefficient (Wildman–Crippen LogP) is 0.124. The first-order valence-electron chi connectivity index (χ1n) is 6.49. The van der Waals surface area contributed by atoms with Crippen LogP contribution >= 0.6 is 0 Å². The summed E-state index contributed by atoms with van der Waals surface area (Å²) in [4.78, 5) is 2.16. The minimum Gasteiger partial charge on any atom is -0.409 e. The van der Waals surface area contributed by atoms with Crippen molar-refractivity contribution in [1.82, 2.24) is 4.90 Å². The highest BCUT2D eigenvalue weighted by Gasteiger charge is 2.06. The molecule has 0 aromatic heterocycles. The number of ether oxygens (including phenoxy) is 3. The molecule has 7 heteroatoms. The van der Waals surface area contributed by atoms with Crippen LogP contribution in [0.5, 0.6) is 0 Å². The number of oxime groups is 1. The van der Waals surface area contributed by atoms with Gasteiger partial charge in [-0.1, -0.05) is 5.16 Å². The van der Waals surface area contributed by atoms with E-state index in [1.165, 1.54) is 0 Å². The van der Waals surface area contributed by atoms with E-state index in [9.17, 15) is 0 Å². The third-order valence-electron chi connectivity index (χ3n) is 2.61. The molecule has 114 valence electrons. The lowest BCUT2D eigenvalue weighted by molar-refractivity contribution is 0.0753. The molecule has 0 atom stereocenters. The van der Waals surface area contributed by atoms with Crippen molar-refractivity contribution in [3.8, 4) is 0 Å². The van der Waals surface area contributed by atoms with E-state index in [0.29, 0.717) is 26.2 Å². The second kappa shape index (κ2) is 13.5. The summed E-state index contributed by atoms with van der Waals surface area (Å²) in [5.41, 5.74) is 5.46. The quantitative estimate of drug-likeness (QED) is 0.163. The zero-order valence-corrected chi connectivity index (χ0v) is 12.0. The van der Waals surface area contributed by atoms with E-state index in [2.05, 4.69) is 10.1 Å². The van der Waals surface area contributed by atoms with Gasteiger partial charge in [-0.05, 0) is 6.42 Å². The van der Waals surface area contributed by atoms with Gasteiger partial charge in [-0.25, -0.2) is 0 Å². The van der Waals surface area contributed by atoms with Gasteiger partial charge in [0.2, 0.25) is 0 Å². The maximum atomic E-state index is 8.50. The van der Waals surface area contributed by atoms with Gasteiger partial charge in [0.05, 0.1) is 13.2 Å². The zero-order chi connectivity index (χ0) is 14.3. The molecule has 0 fully saturated rings. The number of rotatable bonds is 13. The Morgan fingerprint density at radius 3 is 2.37 bits per heavy atom. The highest BCUT2D eigenvalue weighted by atomic mass is 16.5. The van der Waals surface area contributed by atoms with Crippen LogP contribution in [0.25, 0.3) is 0 Å². The van der Waals surface area contributed by atoms with Crippen LogP contribution in [0.4, 0.5) is 0 Å². The third kappa shape index (κ3) is 11.9. The Morgan fingerprint density at radius 1 is 1.05 bits per heavy atom. The molecule has 0 saturated carbocycles. The molecular formula is C12H27N3O4. The monoisotopic (exact) mass is 277 g/mol. The van der Waals surface area contributed by atoms with Crippen molar-refractivity contribution in [2.24, 2.45) is 10.9 Å². The predicted molar refractivity (Wildman–Crippen MR) is 73.7 cm³/mol. The Hall–Kier alpha value is -0.890. The van der Waals surface area contributed by atoms with Crippen LogP contribution in [-0.4, -0.2) is 76.2 Å². The number of hydrogen-bond acceptors (Lipinski definition) is 6. The van der Waals surface area contributed by atoms with E-state index >= 15 is 0 Å². The fourth-order valence-corrected chi connectivity index (χ4v) is 1.48. The number of amidine groups is 1. The van der Waals surface area contributed by atoms with Gasteiger partial charge in [-0.15, -0.1) is 0 Å². The van der Waals surface area contributed by atoms with Gasteiger partial charge in [-0.3, -0.25) is 4.90 Å². The van der Waals surface area contributed by atoms with Gasteiger partial charge in [0.15, 0.2) is 0 Å². The molecule has 0 rings (SSSR count). The van der Waals surface area contributed by atoms with Gasteiger partial charge in [0.25, 0.3) is 0 Å². The van der Waals surface area contributed by atoms with Crippen molar-refractivity contribution in [2.45, 2.75) is 12.8 Å². The molecule has 3 N–H and O–H groups in total. The van der Waals surface area contributed by atoms with Crippen LogP contribution in [0.15, 0.2) is 5.16 Å². The Balaban J connectivity index is 3.73. The molecule has 0 heterocycles. The van der Waals surface area contributed by atoms with Crippen LogP contribution in [0.1, 0.15) is 12.8 Å². The van der Waals surface area contributed by atoms with Gasteiger partial charge >= 0.3 is 0 Å². The van der Waals surface area contributed by atoms with E-state index in [4.69, 9.17) is 25.2 Å². The first kappa shape index (κ1) is 18.1. The highest BCUT2D eigenvalue weighted by molar-refractivity contribution is 5.79. The summed E-state index contributed by atoms with van der Waals surface area (Å²) in [5.74, 6) is 0.239. The summed E-state index contributed by atoms with van der Waals surface area (Å²) in [5, 5.41) is 11.5. The molecular weight excluding hydrogens is 250 g/mol. The molecule has 0 aromatic rings. The van der Waals surface area contributed by atoms with E-state index < -0.39 is 0 Å².